The second-order valence-electron chi connectivity index (χ2n) is 5.29. The fourth-order valence-electron chi connectivity index (χ4n) is 2.39. The van der Waals surface area contributed by atoms with Crippen LogP contribution in [0.15, 0.2) is 53.4 Å². The number of rotatable bonds is 5. The van der Waals surface area contributed by atoms with Crippen molar-refractivity contribution >= 4 is 51.7 Å². The Labute approximate surface area is 159 Å². The molecule has 6 nitrogen and oxygen atoms in total. The van der Waals surface area contributed by atoms with Crippen LogP contribution in [-0.4, -0.2) is 21.8 Å². The van der Waals surface area contributed by atoms with Gasteiger partial charge in [0.25, 0.3) is 11.6 Å². The molecule has 1 aliphatic rings. The van der Waals surface area contributed by atoms with Crippen molar-refractivity contribution in [2.45, 2.75) is 6.92 Å². The van der Waals surface area contributed by atoms with Crippen molar-refractivity contribution in [1.29, 1.82) is 0 Å². The van der Waals surface area contributed by atoms with Crippen molar-refractivity contribution in [3.05, 3.63) is 69.1 Å². The molecule has 1 fully saturated rings. The lowest BCUT2D eigenvalue weighted by Gasteiger charge is -2.15. The van der Waals surface area contributed by atoms with E-state index >= 15 is 0 Å². The molecule has 0 saturated carbocycles. The molecule has 8 heteroatoms. The summed E-state index contributed by atoms with van der Waals surface area (Å²) in [5.74, 6) is 0.505. The van der Waals surface area contributed by atoms with E-state index in [2.05, 4.69) is 0 Å². The molecule has 1 amide bonds. The number of nitrogens with zero attached hydrogens (tertiary/aromatic N) is 2. The number of non-ortho nitro benzene ring substituents is 1. The first-order valence-electron chi connectivity index (χ1n) is 7.75. The van der Waals surface area contributed by atoms with Gasteiger partial charge >= 0.3 is 0 Å². The summed E-state index contributed by atoms with van der Waals surface area (Å²) in [4.78, 5) is 24.9. The Balaban J connectivity index is 1.82. The van der Waals surface area contributed by atoms with E-state index in [1.807, 2.05) is 6.92 Å². The summed E-state index contributed by atoms with van der Waals surface area (Å²) in [5.41, 5.74) is 1.37. The van der Waals surface area contributed by atoms with Crippen molar-refractivity contribution < 1.29 is 14.5 Å². The summed E-state index contributed by atoms with van der Waals surface area (Å²) < 4.78 is 5.84. The fourth-order valence-corrected chi connectivity index (χ4v) is 3.69. The van der Waals surface area contributed by atoms with Gasteiger partial charge in [0.05, 0.1) is 22.1 Å². The normalized spacial score (nSPS) is 15.6. The van der Waals surface area contributed by atoms with Gasteiger partial charge in [-0.1, -0.05) is 24.0 Å². The Hall–Kier alpha value is -2.71. The molecule has 2 aromatic carbocycles. The lowest BCUT2D eigenvalue weighted by atomic mass is 10.2. The van der Waals surface area contributed by atoms with Crippen molar-refractivity contribution in [3.63, 3.8) is 0 Å². The number of nitro benzene ring substituents is 1. The van der Waals surface area contributed by atoms with Gasteiger partial charge in [0.15, 0.2) is 4.32 Å². The zero-order valence-electron chi connectivity index (χ0n) is 13.7. The topological polar surface area (TPSA) is 72.7 Å². The lowest BCUT2D eigenvalue weighted by Crippen LogP contribution is -2.27. The molecule has 0 aromatic heterocycles. The predicted octanol–water partition coefficient (Wildman–Crippen LogP) is 4.40. The first-order valence-corrected chi connectivity index (χ1v) is 8.97. The molecule has 0 aliphatic carbocycles. The monoisotopic (exact) mass is 386 g/mol. The minimum atomic E-state index is -0.463. The smallest absolute Gasteiger partial charge is 0.270 e. The molecule has 0 unspecified atom stereocenters. The Bertz CT molecular complexity index is 892. The number of ether oxygens (including phenoxy) is 1. The number of thiocarbonyl (C=S) groups is 1. The molecule has 26 heavy (non-hydrogen) atoms. The molecule has 2 aromatic rings. The molecule has 0 radical (unpaired) electrons. The Morgan fingerprint density at radius 1 is 1.19 bits per heavy atom. The van der Waals surface area contributed by atoms with Crippen molar-refractivity contribution in [3.8, 4) is 5.75 Å². The lowest BCUT2D eigenvalue weighted by molar-refractivity contribution is -0.384. The number of hydrogen-bond donors (Lipinski definition) is 0. The van der Waals surface area contributed by atoms with Crippen LogP contribution in [0.25, 0.3) is 6.08 Å². The third-order valence-electron chi connectivity index (χ3n) is 3.60. The number of anilines is 1. The fraction of sp³-hybridized carbons (Fsp3) is 0.111. The van der Waals surface area contributed by atoms with Crippen LogP contribution in [0, 0.1) is 10.1 Å². The van der Waals surface area contributed by atoms with Gasteiger partial charge in [-0.3, -0.25) is 19.8 Å². The third kappa shape index (κ3) is 3.76. The number of benzene rings is 2. The van der Waals surface area contributed by atoms with Gasteiger partial charge in [-0.25, -0.2) is 0 Å². The summed E-state index contributed by atoms with van der Waals surface area (Å²) in [7, 11) is 0. The summed E-state index contributed by atoms with van der Waals surface area (Å²) >= 11 is 6.54. The molecule has 132 valence electrons. The summed E-state index contributed by atoms with van der Waals surface area (Å²) in [6.07, 6.45) is 1.68. The molecule has 0 bridgehead atoms. The molecule has 1 aliphatic heterocycles. The van der Waals surface area contributed by atoms with Gasteiger partial charge in [-0.05, 0) is 55.0 Å². The van der Waals surface area contributed by atoms with Gasteiger partial charge in [-0.2, -0.15) is 0 Å². The van der Waals surface area contributed by atoms with Crippen LogP contribution in [-0.2, 0) is 4.79 Å². The second kappa shape index (κ2) is 7.67. The first kappa shape index (κ1) is 18.1. The largest absolute Gasteiger partial charge is 0.494 e. The van der Waals surface area contributed by atoms with E-state index in [9.17, 15) is 14.9 Å². The summed E-state index contributed by atoms with van der Waals surface area (Å²) in [5, 5.41) is 10.7. The van der Waals surface area contributed by atoms with Gasteiger partial charge in [-0.15, -0.1) is 0 Å². The average molecular weight is 386 g/mol. The third-order valence-corrected chi connectivity index (χ3v) is 4.90. The SMILES string of the molecule is CCOc1ccc(N2C(=O)/C(=C/c3ccc([N+](=O)[O-])cc3)SC2=S)cc1. The molecular weight excluding hydrogens is 372 g/mol. The van der Waals surface area contributed by atoms with Crippen molar-refractivity contribution in [2.24, 2.45) is 0 Å². The van der Waals surface area contributed by atoms with E-state index in [0.29, 0.717) is 27.1 Å². The Morgan fingerprint density at radius 2 is 1.85 bits per heavy atom. The summed E-state index contributed by atoms with van der Waals surface area (Å²) in [6, 6.07) is 13.1. The molecule has 3 rings (SSSR count). The van der Waals surface area contributed by atoms with Crippen LogP contribution < -0.4 is 9.64 Å². The number of carbonyl (C=O) groups is 1. The standard InChI is InChI=1S/C18H14N2O4S2/c1-2-24-15-9-7-13(8-10-15)19-17(21)16(26-18(19)25)11-12-3-5-14(6-4-12)20(22)23/h3-11H,2H2,1H3/b16-11-. The number of nitro groups is 1. The number of thioether (sulfide) groups is 1. The van der Waals surface area contributed by atoms with E-state index in [1.165, 1.54) is 28.8 Å². The van der Waals surface area contributed by atoms with E-state index < -0.39 is 4.92 Å². The van der Waals surface area contributed by atoms with Crippen LogP contribution >= 0.6 is 24.0 Å². The molecule has 1 heterocycles. The molecule has 0 spiro atoms. The number of hydrogen-bond acceptors (Lipinski definition) is 6. The maximum absolute atomic E-state index is 12.7. The van der Waals surface area contributed by atoms with E-state index in [0.717, 1.165) is 5.75 Å². The molecule has 0 atom stereocenters. The predicted molar refractivity (Wildman–Crippen MR) is 106 cm³/mol. The van der Waals surface area contributed by atoms with Crippen molar-refractivity contribution in [1.82, 2.24) is 0 Å². The van der Waals surface area contributed by atoms with Gasteiger partial charge in [0.1, 0.15) is 5.75 Å². The van der Waals surface area contributed by atoms with Crippen molar-refractivity contribution in [2.75, 3.05) is 11.5 Å². The van der Waals surface area contributed by atoms with Gasteiger partial charge in [0.2, 0.25) is 0 Å². The highest BCUT2D eigenvalue weighted by molar-refractivity contribution is 8.27. The van der Waals surface area contributed by atoms with Crippen LogP contribution in [0.5, 0.6) is 5.75 Å². The Kier molecular flexibility index (Phi) is 5.34. The minimum absolute atomic E-state index is 0.00378. The van der Waals surface area contributed by atoms with Crippen LogP contribution in [0.3, 0.4) is 0 Å². The van der Waals surface area contributed by atoms with Crippen LogP contribution in [0.2, 0.25) is 0 Å². The Morgan fingerprint density at radius 3 is 2.42 bits per heavy atom. The zero-order valence-corrected chi connectivity index (χ0v) is 15.4. The van der Waals surface area contributed by atoms with E-state index in [4.69, 9.17) is 17.0 Å². The van der Waals surface area contributed by atoms with Crippen LogP contribution in [0.4, 0.5) is 11.4 Å². The van der Waals surface area contributed by atoms with Gasteiger partial charge < -0.3 is 4.74 Å². The average Bonchev–Trinajstić information content (AvgIpc) is 2.90. The maximum atomic E-state index is 12.7. The quantitative estimate of drug-likeness (QED) is 0.328. The highest BCUT2D eigenvalue weighted by atomic mass is 32.2. The molecule has 0 N–H and O–H groups in total. The second-order valence-corrected chi connectivity index (χ2v) is 6.97. The van der Waals surface area contributed by atoms with Gasteiger partial charge in [0, 0.05) is 12.1 Å². The minimum Gasteiger partial charge on any atom is -0.494 e. The highest BCUT2D eigenvalue weighted by Gasteiger charge is 2.33. The molecule has 1 saturated heterocycles. The zero-order chi connectivity index (χ0) is 18.7. The van der Waals surface area contributed by atoms with Crippen LogP contribution in [0.1, 0.15) is 12.5 Å². The molecular formula is C18H14N2O4S2. The van der Waals surface area contributed by atoms with E-state index in [1.54, 1.807) is 42.5 Å². The number of amides is 1. The summed E-state index contributed by atoms with van der Waals surface area (Å²) in [6.45, 7) is 2.47. The maximum Gasteiger partial charge on any atom is 0.270 e. The highest BCUT2D eigenvalue weighted by Crippen LogP contribution is 2.36. The number of carbonyl (C=O) groups excluding carboxylic acids is 1. The van der Waals surface area contributed by atoms with E-state index in [-0.39, 0.29) is 11.6 Å². The first-order chi connectivity index (χ1) is 12.5.